The molecule has 0 N–H and O–H groups in total. The number of benzene rings is 2. The number of unbranched alkanes of at least 4 members (excludes halogenated alkanes) is 6. The van der Waals surface area contributed by atoms with Crippen LogP contribution in [0.4, 0.5) is 0 Å². The van der Waals surface area contributed by atoms with Gasteiger partial charge in [0.15, 0.2) is 0 Å². The van der Waals surface area contributed by atoms with Crippen molar-refractivity contribution in [1.29, 1.82) is 10.5 Å². The van der Waals surface area contributed by atoms with E-state index in [1.54, 1.807) is 12.2 Å². The second kappa shape index (κ2) is 19.4. The van der Waals surface area contributed by atoms with Crippen LogP contribution < -0.4 is 10.4 Å². The van der Waals surface area contributed by atoms with Crippen LogP contribution >= 0.6 is 0 Å². The molecule has 0 fully saturated rings. The van der Waals surface area contributed by atoms with Crippen LogP contribution in [-0.4, -0.2) is 54.6 Å². The van der Waals surface area contributed by atoms with Crippen molar-refractivity contribution >= 4 is 63.9 Å². The zero-order chi connectivity index (χ0) is 37.6. The lowest BCUT2D eigenvalue weighted by Crippen LogP contribution is -2.84. The van der Waals surface area contributed by atoms with Gasteiger partial charge in [0.1, 0.15) is 23.3 Å². The highest BCUT2D eigenvalue weighted by Gasteiger charge is 2.59. The van der Waals surface area contributed by atoms with Crippen molar-refractivity contribution in [3.8, 4) is 12.1 Å². The Balaban J connectivity index is 2.26. The van der Waals surface area contributed by atoms with Gasteiger partial charge in [-0.05, 0) is 36.1 Å². The van der Waals surface area contributed by atoms with Crippen molar-refractivity contribution in [1.82, 2.24) is 0 Å². The number of esters is 2. The Morgan fingerprint density at radius 3 is 1.16 bits per heavy atom. The van der Waals surface area contributed by atoms with E-state index in [1.807, 2.05) is 36.4 Å². The minimum atomic E-state index is -1.92. The molecule has 2 aromatic rings. The Labute approximate surface area is 306 Å². The molecule has 2 aromatic carbocycles. The third-order valence-electron chi connectivity index (χ3n) is 11.7. The summed E-state index contributed by atoms with van der Waals surface area (Å²) in [6.45, 7) is 25.5. The molecule has 0 heterocycles. The van der Waals surface area contributed by atoms with Crippen molar-refractivity contribution in [2.45, 2.75) is 118 Å². The van der Waals surface area contributed by atoms with E-state index in [0.717, 1.165) is 62.5 Å². The standard InChI is InChI=1S/C40H60N2O4Si4/c1-11-13-15-17-27-45-39(43)35(31-41)29-33-19-23-37(24-20-33)47(3,4)49(7,8)50(9,10)48(5,6)38-25-21-34(22-26-38)30-36(32-42)40(44)46-28-18-16-14-12-2/h19-26,29-30H,11-18,27-28H2,1-10H3/b35-29+,36-30+. The summed E-state index contributed by atoms with van der Waals surface area (Å²) < 4.78 is 10.7. The maximum Gasteiger partial charge on any atom is 0.348 e. The monoisotopic (exact) mass is 744 g/mol. The molecule has 2 rings (SSSR count). The van der Waals surface area contributed by atoms with Crippen molar-refractivity contribution < 1.29 is 19.1 Å². The summed E-state index contributed by atoms with van der Waals surface area (Å²) in [5.74, 6) is -1.11. The molecule has 0 aromatic heterocycles. The molecular formula is C40H60N2O4Si4. The number of hydrogen-bond acceptors (Lipinski definition) is 6. The quantitative estimate of drug-likeness (QED) is 0.0468. The molecule has 0 saturated carbocycles. The number of nitrogens with zero attached hydrogens (tertiary/aromatic N) is 2. The second-order valence-corrected chi connectivity index (χ2v) is 55.1. The summed E-state index contributed by atoms with van der Waals surface area (Å²) in [5.41, 5.74) is 1.72. The van der Waals surface area contributed by atoms with Crippen LogP contribution in [0, 0.1) is 22.7 Å². The fraction of sp³-hybridized carbons (Fsp3) is 0.500. The van der Waals surface area contributed by atoms with Gasteiger partial charge in [-0.3, -0.25) is 0 Å². The van der Waals surface area contributed by atoms with Gasteiger partial charge in [0.05, 0.1) is 28.4 Å². The molecular weight excluding hydrogens is 685 g/mol. The highest BCUT2D eigenvalue weighted by atomic mass is 29.8. The molecule has 0 atom stereocenters. The summed E-state index contributed by atoms with van der Waals surface area (Å²) in [6, 6.07) is 21.1. The van der Waals surface area contributed by atoms with Crippen LogP contribution in [0.25, 0.3) is 12.2 Å². The molecule has 6 nitrogen and oxygen atoms in total. The molecule has 0 aliphatic heterocycles. The molecule has 0 aliphatic carbocycles. The minimum Gasteiger partial charge on any atom is -0.462 e. The highest BCUT2D eigenvalue weighted by molar-refractivity contribution is 7.85. The molecule has 0 spiro atoms. The van der Waals surface area contributed by atoms with Gasteiger partial charge in [-0.1, -0.05) is 164 Å². The number of rotatable bonds is 19. The summed E-state index contributed by atoms with van der Waals surface area (Å²) in [7, 11) is -7.46. The lowest BCUT2D eigenvalue weighted by molar-refractivity contribution is -0.139. The highest BCUT2D eigenvalue weighted by Crippen LogP contribution is 2.35. The minimum absolute atomic E-state index is 0.0313. The molecule has 50 heavy (non-hydrogen) atoms. The molecule has 0 aliphatic rings. The average molecular weight is 745 g/mol. The Kier molecular flexibility index (Phi) is 16.6. The van der Waals surface area contributed by atoms with E-state index < -0.39 is 41.3 Å². The van der Waals surface area contributed by atoms with Gasteiger partial charge in [0.25, 0.3) is 0 Å². The number of nitriles is 2. The SMILES string of the molecule is CCCCCCOC(=O)/C(C#N)=C/c1ccc([Si](C)(C)[Si](C)(C)[Si](C)(C)[Si](C)(C)c2ccc(/C=C(\C#N)C(=O)OCCCCCC)cc2)cc1. The summed E-state index contributed by atoms with van der Waals surface area (Å²) in [5, 5.41) is 22.1. The third-order valence-corrected chi connectivity index (χ3v) is 79.3. The first kappa shape index (κ1) is 42.9. The zero-order valence-corrected chi connectivity index (χ0v) is 36.4. The van der Waals surface area contributed by atoms with E-state index in [0.29, 0.717) is 13.2 Å². The Bertz CT molecular complexity index is 1460. The first-order valence-corrected chi connectivity index (χ1v) is 33.3. The molecule has 270 valence electrons. The molecule has 10 heteroatoms. The van der Waals surface area contributed by atoms with Crippen LogP contribution in [0.15, 0.2) is 59.7 Å². The van der Waals surface area contributed by atoms with Gasteiger partial charge in [-0.15, -0.1) is 0 Å². The van der Waals surface area contributed by atoms with Crippen molar-refractivity contribution in [2.75, 3.05) is 13.2 Å². The first-order chi connectivity index (χ1) is 23.5. The summed E-state index contributed by atoms with van der Waals surface area (Å²) in [6.07, 6.45) is 11.4. The van der Waals surface area contributed by atoms with Crippen molar-refractivity contribution in [3.63, 3.8) is 0 Å². The smallest absolute Gasteiger partial charge is 0.348 e. The van der Waals surface area contributed by atoms with Gasteiger partial charge < -0.3 is 9.47 Å². The predicted molar refractivity (Wildman–Crippen MR) is 219 cm³/mol. The molecule has 0 saturated heterocycles. The molecule has 0 unspecified atom stereocenters. The normalized spacial score (nSPS) is 13.0. The maximum atomic E-state index is 12.5. The Hall–Kier alpha value is -3.29. The lowest BCUT2D eigenvalue weighted by atomic mass is 10.1. The van der Waals surface area contributed by atoms with E-state index in [9.17, 15) is 20.1 Å². The summed E-state index contributed by atoms with van der Waals surface area (Å²) in [4.78, 5) is 25.1. The summed E-state index contributed by atoms with van der Waals surface area (Å²) >= 11 is 0. The van der Waals surface area contributed by atoms with Crippen molar-refractivity contribution in [3.05, 3.63) is 70.8 Å². The maximum absolute atomic E-state index is 12.5. The van der Waals surface area contributed by atoms with E-state index in [1.165, 1.54) is 10.4 Å². The first-order valence-electron chi connectivity index (χ1n) is 18.3. The van der Waals surface area contributed by atoms with Crippen LogP contribution in [0.5, 0.6) is 0 Å². The van der Waals surface area contributed by atoms with Crippen LogP contribution in [0.1, 0.15) is 76.3 Å². The van der Waals surface area contributed by atoms with Gasteiger partial charge in [0.2, 0.25) is 0 Å². The van der Waals surface area contributed by atoms with Gasteiger partial charge >= 0.3 is 11.9 Å². The molecule has 0 amide bonds. The second-order valence-electron chi connectivity index (χ2n) is 15.5. The predicted octanol–water partition coefficient (Wildman–Crippen LogP) is 8.93. The van der Waals surface area contributed by atoms with Crippen LogP contribution in [0.2, 0.25) is 52.4 Å². The molecule has 0 radical (unpaired) electrons. The van der Waals surface area contributed by atoms with Gasteiger partial charge in [-0.2, -0.15) is 10.5 Å². The zero-order valence-electron chi connectivity index (χ0n) is 32.4. The fourth-order valence-corrected chi connectivity index (χ4v) is 75.3. The Morgan fingerprint density at radius 1 is 0.560 bits per heavy atom. The van der Waals surface area contributed by atoms with Gasteiger partial charge in [0, 0.05) is 14.2 Å². The fourth-order valence-electron chi connectivity index (χ4n) is 6.43. The topological polar surface area (TPSA) is 100 Å². The van der Waals surface area contributed by atoms with Gasteiger partial charge in [-0.25, -0.2) is 9.59 Å². The van der Waals surface area contributed by atoms with E-state index in [2.05, 4.69) is 90.5 Å². The third kappa shape index (κ3) is 10.6. The number of carbonyl (C=O) groups excluding carboxylic acids is 2. The number of ether oxygens (including phenoxy) is 2. The van der Waals surface area contributed by atoms with Crippen molar-refractivity contribution in [2.24, 2.45) is 0 Å². The largest absolute Gasteiger partial charge is 0.462 e. The van der Waals surface area contributed by atoms with Crippen LogP contribution in [0.3, 0.4) is 0 Å². The average Bonchev–Trinajstić information content (AvgIpc) is 3.09. The molecule has 0 bridgehead atoms. The van der Waals surface area contributed by atoms with E-state index in [4.69, 9.17) is 9.47 Å². The Morgan fingerprint density at radius 2 is 0.880 bits per heavy atom. The lowest BCUT2D eigenvalue weighted by Gasteiger charge is -2.55. The number of hydrogen-bond donors (Lipinski definition) is 0. The van der Waals surface area contributed by atoms with E-state index >= 15 is 0 Å². The van der Waals surface area contributed by atoms with E-state index in [-0.39, 0.29) is 11.1 Å². The van der Waals surface area contributed by atoms with Crippen LogP contribution in [-0.2, 0) is 19.1 Å². The number of carbonyl (C=O) groups is 2.